The number of halogens is 2. The molecule has 3 aromatic carbocycles. The lowest BCUT2D eigenvalue weighted by atomic mass is 9.85. The topological polar surface area (TPSA) is 70.5 Å². The maximum absolute atomic E-state index is 13.8. The van der Waals surface area contributed by atoms with Gasteiger partial charge in [-0.25, -0.2) is 9.37 Å². The molecule has 1 aliphatic heterocycles. The Morgan fingerprint density at radius 3 is 2.33 bits per heavy atom. The highest BCUT2D eigenvalue weighted by molar-refractivity contribution is 7.22. The lowest BCUT2D eigenvalue weighted by Gasteiger charge is -2.24. The summed E-state index contributed by atoms with van der Waals surface area (Å²) in [4.78, 5) is 32.5. The van der Waals surface area contributed by atoms with Crippen LogP contribution in [0.4, 0.5) is 9.52 Å². The zero-order valence-electron chi connectivity index (χ0n) is 19.8. The number of hydrogen-bond donors (Lipinski definition) is 1. The lowest BCUT2D eigenvalue weighted by Crippen LogP contribution is -2.29. The Balaban J connectivity index is 1.71. The third-order valence-corrected chi connectivity index (χ3v) is 7.47. The SMILES string of the molecule is CC(C)(C)c1ccc([C@@H]2/C(=C(\O)c3ccc(Cl)cc3)C(=O)C(=O)N2c2nc3ccc(F)cc3s2)cc1. The van der Waals surface area contributed by atoms with Gasteiger partial charge in [-0.05, 0) is 59.0 Å². The number of carbonyl (C=O) groups excluding carboxylic acids is 2. The van der Waals surface area contributed by atoms with Crippen molar-refractivity contribution in [2.45, 2.75) is 32.2 Å². The quantitative estimate of drug-likeness (QED) is 0.179. The Morgan fingerprint density at radius 2 is 1.69 bits per heavy atom. The van der Waals surface area contributed by atoms with Gasteiger partial charge in [0.15, 0.2) is 5.13 Å². The van der Waals surface area contributed by atoms with Gasteiger partial charge < -0.3 is 5.11 Å². The van der Waals surface area contributed by atoms with Crippen LogP contribution in [0, 0.1) is 5.82 Å². The van der Waals surface area contributed by atoms with E-state index < -0.39 is 23.5 Å². The maximum atomic E-state index is 13.8. The van der Waals surface area contributed by atoms with Crippen molar-refractivity contribution in [3.05, 3.63) is 99.8 Å². The monoisotopic (exact) mass is 520 g/mol. The summed E-state index contributed by atoms with van der Waals surface area (Å²) >= 11 is 7.11. The molecule has 182 valence electrons. The number of amides is 1. The summed E-state index contributed by atoms with van der Waals surface area (Å²) in [5.74, 6) is -2.35. The zero-order chi connectivity index (χ0) is 25.8. The standard InChI is InChI=1S/C28H22ClFN2O3S/c1-28(2,3)17-8-4-15(5-9-17)23-22(24(33)16-6-10-18(29)11-7-16)25(34)26(35)32(23)27-31-20-13-12-19(30)14-21(20)36-27/h4-14,23,33H,1-3H3/b24-22+/t23-/m1/s1. The molecule has 0 unspecified atom stereocenters. The van der Waals surface area contributed by atoms with Crippen LogP contribution in [0.5, 0.6) is 0 Å². The second-order valence-corrected chi connectivity index (χ2v) is 11.1. The predicted octanol–water partition coefficient (Wildman–Crippen LogP) is 7.01. The van der Waals surface area contributed by atoms with E-state index in [-0.39, 0.29) is 21.9 Å². The van der Waals surface area contributed by atoms with Crippen LogP contribution in [-0.4, -0.2) is 21.8 Å². The average Bonchev–Trinajstić information content (AvgIpc) is 3.36. The molecule has 1 aliphatic rings. The number of aliphatic hydroxyl groups excluding tert-OH is 1. The highest BCUT2D eigenvalue weighted by Gasteiger charge is 2.48. The van der Waals surface area contributed by atoms with Crippen molar-refractivity contribution in [2.24, 2.45) is 0 Å². The summed E-state index contributed by atoms with van der Waals surface area (Å²) < 4.78 is 14.4. The van der Waals surface area contributed by atoms with Crippen molar-refractivity contribution in [2.75, 3.05) is 4.90 Å². The van der Waals surface area contributed by atoms with E-state index in [2.05, 4.69) is 25.8 Å². The molecule has 0 spiro atoms. The van der Waals surface area contributed by atoms with E-state index >= 15 is 0 Å². The van der Waals surface area contributed by atoms with Crippen molar-refractivity contribution < 1.29 is 19.1 Å². The minimum absolute atomic E-state index is 0.0451. The molecule has 5 rings (SSSR count). The highest BCUT2D eigenvalue weighted by Crippen LogP contribution is 2.44. The normalized spacial score (nSPS) is 17.8. The number of thiazole rings is 1. The summed E-state index contributed by atoms with van der Waals surface area (Å²) in [6, 6.07) is 17.2. The number of aliphatic hydroxyl groups is 1. The van der Waals surface area contributed by atoms with Gasteiger partial charge in [0.05, 0.1) is 21.8 Å². The van der Waals surface area contributed by atoms with Crippen LogP contribution in [0.1, 0.15) is 43.5 Å². The molecular formula is C28H22ClFN2O3S. The van der Waals surface area contributed by atoms with E-state index in [4.69, 9.17) is 11.6 Å². The maximum Gasteiger partial charge on any atom is 0.301 e. The first-order valence-corrected chi connectivity index (χ1v) is 12.5. The number of rotatable bonds is 3. The molecule has 1 atom stereocenters. The van der Waals surface area contributed by atoms with Crippen LogP contribution < -0.4 is 4.90 Å². The third kappa shape index (κ3) is 4.18. The van der Waals surface area contributed by atoms with Crippen molar-refractivity contribution in [3.8, 4) is 0 Å². The fourth-order valence-corrected chi connectivity index (χ4v) is 5.41. The molecule has 5 nitrogen and oxygen atoms in total. The van der Waals surface area contributed by atoms with Gasteiger partial charge in [0, 0.05) is 10.6 Å². The molecule has 8 heteroatoms. The van der Waals surface area contributed by atoms with Crippen LogP contribution in [0.3, 0.4) is 0 Å². The Hall–Kier alpha value is -3.55. The number of nitrogens with zero attached hydrogens (tertiary/aromatic N) is 2. The zero-order valence-corrected chi connectivity index (χ0v) is 21.3. The first-order chi connectivity index (χ1) is 17.0. The molecule has 1 amide bonds. The first kappa shape index (κ1) is 24.2. The number of anilines is 1. The Morgan fingerprint density at radius 1 is 1.03 bits per heavy atom. The fraction of sp³-hybridized carbons (Fsp3) is 0.179. The molecule has 1 aromatic heterocycles. The number of ketones is 1. The van der Waals surface area contributed by atoms with Crippen molar-refractivity contribution in [1.82, 2.24) is 4.98 Å². The molecule has 1 N–H and O–H groups in total. The van der Waals surface area contributed by atoms with Crippen LogP contribution in [0.15, 0.2) is 72.3 Å². The molecule has 1 saturated heterocycles. The second-order valence-electron chi connectivity index (χ2n) is 9.66. The van der Waals surface area contributed by atoms with Crippen molar-refractivity contribution in [3.63, 3.8) is 0 Å². The van der Waals surface area contributed by atoms with E-state index in [1.54, 1.807) is 24.3 Å². The fourth-order valence-electron chi connectivity index (χ4n) is 4.26. The van der Waals surface area contributed by atoms with E-state index in [0.717, 1.165) is 16.9 Å². The number of benzene rings is 3. The minimum Gasteiger partial charge on any atom is -0.507 e. The largest absolute Gasteiger partial charge is 0.507 e. The molecule has 0 saturated carbocycles. The summed E-state index contributed by atoms with van der Waals surface area (Å²) in [5, 5.41) is 11.9. The molecule has 36 heavy (non-hydrogen) atoms. The van der Waals surface area contributed by atoms with Gasteiger partial charge in [0.2, 0.25) is 0 Å². The Labute approximate surface area is 216 Å². The van der Waals surface area contributed by atoms with Crippen LogP contribution in [0.2, 0.25) is 5.02 Å². The van der Waals surface area contributed by atoms with Crippen LogP contribution in [-0.2, 0) is 15.0 Å². The smallest absolute Gasteiger partial charge is 0.301 e. The van der Waals surface area contributed by atoms with Gasteiger partial charge in [-0.3, -0.25) is 14.5 Å². The summed E-state index contributed by atoms with van der Waals surface area (Å²) in [7, 11) is 0. The van der Waals surface area contributed by atoms with Gasteiger partial charge in [-0.2, -0.15) is 0 Å². The number of hydrogen-bond acceptors (Lipinski definition) is 5. The molecule has 2 heterocycles. The number of aromatic nitrogens is 1. The first-order valence-electron chi connectivity index (χ1n) is 11.3. The number of fused-ring (bicyclic) bond motifs is 1. The lowest BCUT2D eigenvalue weighted by molar-refractivity contribution is -0.132. The number of carbonyl (C=O) groups is 2. The van der Waals surface area contributed by atoms with Crippen molar-refractivity contribution in [1.29, 1.82) is 0 Å². The Kier molecular flexibility index (Phi) is 5.93. The minimum atomic E-state index is -0.917. The molecule has 0 radical (unpaired) electrons. The Bertz CT molecular complexity index is 1540. The van der Waals surface area contributed by atoms with Gasteiger partial charge in [-0.15, -0.1) is 0 Å². The van der Waals surface area contributed by atoms with Crippen LogP contribution >= 0.6 is 22.9 Å². The summed E-state index contributed by atoms with van der Waals surface area (Å²) in [6.45, 7) is 6.28. The van der Waals surface area contributed by atoms with E-state index in [9.17, 15) is 19.1 Å². The number of Topliss-reactive ketones (excluding diaryl/α,β-unsaturated/α-hetero) is 1. The van der Waals surface area contributed by atoms with Gasteiger partial charge in [0.25, 0.3) is 5.78 Å². The molecule has 0 aliphatic carbocycles. The summed E-state index contributed by atoms with van der Waals surface area (Å²) in [6.07, 6.45) is 0. The van der Waals surface area contributed by atoms with Crippen LogP contribution in [0.25, 0.3) is 16.0 Å². The molecular weight excluding hydrogens is 499 g/mol. The van der Waals surface area contributed by atoms with E-state index in [1.165, 1.54) is 23.1 Å². The highest BCUT2D eigenvalue weighted by atomic mass is 35.5. The molecule has 0 bridgehead atoms. The van der Waals surface area contributed by atoms with E-state index in [0.29, 0.717) is 26.4 Å². The van der Waals surface area contributed by atoms with Crippen molar-refractivity contribution >= 4 is 55.7 Å². The molecule has 4 aromatic rings. The van der Waals surface area contributed by atoms with E-state index in [1.807, 2.05) is 24.3 Å². The summed E-state index contributed by atoms with van der Waals surface area (Å²) in [5.41, 5.74) is 2.45. The third-order valence-electron chi connectivity index (χ3n) is 6.20. The van der Waals surface area contributed by atoms with Gasteiger partial charge >= 0.3 is 5.91 Å². The van der Waals surface area contributed by atoms with Gasteiger partial charge in [0.1, 0.15) is 11.6 Å². The average molecular weight is 521 g/mol. The predicted molar refractivity (Wildman–Crippen MR) is 141 cm³/mol. The van der Waals surface area contributed by atoms with Gasteiger partial charge in [-0.1, -0.05) is 68.0 Å². The molecule has 1 fully saturated rings. The second kappa shape index (κ2) is 8.84.